The van der Waals surface area contributed by atoms with Crippen molar-refractivity contribution in [3.05, 3.63) is 41.0 Å². The summed E-state index contributed by atoms with van der Waals surface area (Å²) in [6.07, 6.45) is 7.77. The lowest BCUT2D eigenvalue weighted by Gasteiger charge is -2.49. The molecule has 1 N–H and O–H groups in total. The molecule has 0 aromatic heterocycles. The fourth-order valence-electron chi connectivity index (χ4n) is 5.82. The Morgan fingerprint density at radius 2 is 1.87 bits per heavy atom. The number of carbonyl (C=O) groups is 2. The van der Waals surface area contributed by atoms with Gasteiger partial charge in [0.25, 0.3) is 5.24 Å². The smallest absolute Gasteiger partial charge is 0.331 e. The molecule has 2 aliphatic rings. The molecule has 38 heavy (non-hydrogen) atoms. The first-order valence-electron chi connectivity index (χ1n) is 14.0. The quantitative estimate of drug-likeness (QED) is 0.197. The van der Waals surface area contributed by atoms with Crippen LogP contribution in [0.1, 0.15) is 84.1 Å². The molecule has 1 aromatic rings. The lowest BCUT2D eigenvalue weighted by atomic mass is 9.78. The van der Waals surface area contributed by atoms with Crippen molar-refractivity contribution in [2.75, 3.05) is 20.0 Å². The van der Waals surface area contributed by atoms with Crippen LogP contribution in [0.2, 0.25) is 0 Å². The van der Waals surface area contributed by atoms with E-state index < -0.39 is 11.8 Å². The second-order valence-electron chi connectivity index (χ2n) is 10.6. The first-order valence-corrected chi connectivity index (χ1v) is 15.0. The molecule has 3 rings (SSSR count). The number of methoxy groups -OCH3 is 2. The Kier molecular flexibility index (Phi) is 11.5. The molecule has 0 radical (unpaired) electrons. The lowest BCUT2D eigenvalue weighted by molar-refractivity contribution is -0.297. The minimum Gasteiger partial charge on any atom is -0.497 e. The van der Waals surface area contributed by atoms with Gasteiger partial charge in [0.2, 0.25) is 0 Å². The number of unbranched alkanes of at least 4 members (excludes halogenated alkanes) is 3. The van der Waals surface area contributed by atoms with E-state index in [0.717, 1.165) is 61.8 Å². The normalized spacial score (nSPS) is 26.4. The standard InChI is InChI=1S/C30H45NO6S/c1-6-8-10-12-25-17-23(27(28(32)33)21(3)11-9-7-2)18-30(36-5,37-25)26-20-38-29(34)31(26)19-22-13-15-24(35-4)16-14-22/h13-16,23,25-26H,6-12,17-20H2,1-5H3,(H,32,33)/t23-,25-,26+,30-/m1/s1. The van der Waals surface area contributed by atoms with Crippen LogP contribution in [-0.2, 0) is 20.8 Å². The van der Waals surface area contributed by atoms with E-state index in [-0.39, 0.29) is 23.3 Å². The van der Waals surface area contributed by atoms with Crippen molar-refractivity contribution in [2.45, 2.75) is 103 Å². The molecule has 0 spiro atoms. The Morgan fingerprint density at radius 3 is 2.47 bits per heavy atom. The van der Waals surface area contributed by atoms with Crippen LogP contribution < -0.4 is 4.74 Å². The van der Waals surface area contributed by atoms with Crippen molar-refractivity contribution < 1.29 is 28.9 Å². The van der Waals surface area contributed by atoms with Crippen molar-refractivity contribution >= 4 is 23.0 Å². The van der Waals surface area contributed by atoms with Crippen LogP contribution in [0.5, 0.6) is 5.75 Å². The number of carboxylic acids is 1. The topological polar surface area (TPSA) is 85.3 Å². The summed E-state index contributed by atoms with van der Waals surface area (Å²) >= 11 is 1.28. The number of benzene rings is 1. The molecule has 8 heteroatoms. The van der Waals surface area contributed by atoms with E-state index in [0.29, 0.717) is 30.7 Å². The summed E-state index contributed by atoms with van der Waals surface area (Å²) in [5.41, 5.74) is 2.43. The third-order valence-electron chi connectivity index (χ3n) is 7.92. The fraction of sp³-hybridized carbons (Fsp3) is 0.667. The van der Waals surface area contributed by atoms with Crippen LogP contribution in [0.3, 0.4) is 0 Å². The van der Waals surface area contributed by atoms with E-state index in [4.69, 9.17) is 14.2 Å². The van der Waals surface area contributed by atoms with E-state index >= 15 is 0 Å². The molecule has 2 aliphatic heterocycles. The number of thioether (sulfide) groups is 1. The van der Waals surface area contributed by atoms with Crippen LogP contribution in [-0.4, -0.2) is 59.1 Å². The summed E-state index contributed by atoms with van der Waals surface area (Å²) in [5, 5.41) is 10.3. The fourth-order valence-corrected chi connectivity index (χ4v) is 6.91. The molecule has 212 valence electrons. The van der Waals surface area contributed by atoms with Gasteiger partial charge in [-0.1, -0.05) is 69.0 Å². The molecule has 2 fully saturated rings. The van der Waals surface area contributed by atoms with Crippen LogP contribution in [0.25, 0.3) is 0 Å². The molecule has 1 aromatic carbocycles. The van der Waals surface area contributed by atoms with E-state index in [1.807, 2.05) is 36.1 Å². The number of rotatable bonds is 14. The van der Waals surface area contributed by atoms with Gasteiger partial charge in [0.05, 0.1) is 19.3 Å². The Hall–Kier alpha value is -2.03. The summed E-state index contributed by atoms with van der Waals surface area (Å²) in [6.45, 7) is 6.68. The van der Waals surface area contributed by atoms with Gasteiger partial charge in [-0.15, -0.1) is 0 Å². The maximum atomic E-state index is 13.1. The summed E-state index contributed by atoms with van der Waals surface area (Å²) in [6, 6.07) is 7.39. The highest BCUT2D eigenvalue weighted by Crippen LogP contribution is 2.46. The van der Waals surface area contributed by atoms with Gasteiger partial charge in [0, 0.05) is 31.4 Å². The van der Waals surface area contributed by atoms with Gasteiger partial charge in [-0.25, -0.2) is 4.79 Å². The van der Waals surface area contributed by atoms with Gasteiger partial charge < -0.3 is 24.2 Å². The monoisotopic (exact) mass is 547 g/mol. The number of nitrogens with zero attached hydrogens (tertiary/aromatic N) is 1. The second kappa shape index (κ2) is 14.4. The molecule has 0 aliphatic carbocycles. The number of ether oxygens (including phenoxy) is 3. The predicted octanol–water partition coefficient (Wildman–Crippen LogP) is 7.04. The largest absolute Gasteiger partial charge is 0.497 e. The zero-order valence-corrected chi connectivity index (χ0v) is 24.5. The number of aliphatic carboxylic acids is 1. The molecular weight excluding hydrogens is 502 g/mol. The molecular formula is C30H45NO6S. The van der Waals surface area contributed by atoms with Gasteiger partial charge in [0.15, 0.2) is 5.79 Å². The highest BCUT2D eigenvalue weighted by atomic mass is 32.2. The van der Waals surface area contributed by atoms with Crippen LogP contribution in [0.4, 0.5) is 4.79 Å². The molecule has 2 heterocycles. The maximum absolute atomic E-state index is 13.1. The minimum atomic E-state index is -1.07. The summed E-state index contributed by atoms with van der Waals surface area (Å²) in [7, 11) is 3.27. The van der Waals surface area contributed by atoms with Crippen molar-refractivity contribution in [1.82, 2.24) is 4.90 Å². The minimum absolute atomic E-state index is 0.0105. The zero-order chi connectivity index (χ0) is 27.7. The SMILES string of the molecule is CCCCC[C@@H]1C[C@@H](C(C(=O)O)=C(C)CCCC)C[C@](OC)([C@@H]2CSC(=O)N2Cc2ccc(OC)cc2)O1. The Labute approximate surface area is 232 Å². The molecule has 4 atom stereocenters. The first kappa shape index (κ1) is 30.5. The average Bonchev–Trinajstić information content (AvgIpc) is 3.28. The van der Waals surface area contributed by atoms with E-state index in [2.05, 4.69) is 13.8 Å². The van der Waals surface area contributed by atoms with Crippen molar-refractivity contribution in [3.8, 4) is 5.75 Å². The Morgan fingerprint density at radius 1 is 1.16 bits per heavy atom. The van der Waals surface area contributed by atoms with Crippen molar-refractivity contribution in [1.29, 1.82) is 0 Å². The Bertz CT molecular complexity index is 964. The maximum Gasteiger partial charge on any atom is 0.331 e. The zero-order valence-electron chi connectivity index (χ0n) is 23.7. The number of hydrogen-bond acceptors (Lipinski definition) is 6. The molecule has 1 amide bonds. The Balaban J connectivity index is 1.95. The highest BCUT2D eigenvalue weighted by Gasteiger charge is 2.54. The van der Waals surface area contributed by atoms with Crippen molar-refractivity contribution in [2.24, 2.45) is 5.92 Å². The number of carbonyl (C=O) groups excluding carboxylic acids is 1. The molecule has 0 unspecified atom stereocenters. The van der Waals surface area contributed by atoms with Crippen LogP contribution >= 0.6 is 11.8 Å². The summed E-state index contributed by atoms with van der Waals surface area (Å²) in [5.74, 6) is -0.821. The number of hydrogen-bond donors (Lipinski definition) is 1. The molecule has 0 saturated carbocycles. The summed E-state index contributed by atoms with van der Waals surface area (Å²) in [4.78, 5) is 27.5. The van der Waals surface area contributed by atoms with Gasteiger partial charge in [-0.3, -0.25) is 4.79 Å². The molecule has 7 nitrogen and oxygen atoms in total. The first-order chi connectivity index (χ1) is 18.3. The number of carboxylic acid groups (broad SMARTS) is 1. The molecule has 0 bridgehead atoms. The third-order valence-corrected chi connectivity index (χ3v) is 8.88. The number of allylic oxidation sites excluding steroid dienone is 1. The van der Waals surface area contributed by atoms with Crippen LogP contribution in [0.15, 0.2) is 35.4 Å². The lowest BCUT2D eigenvalue weighted by Crippen LogP contribution is -2.59. The highest BCUT2D eigenvalue weighted by molar-refractivity contribution is 8.13. The predicted molar refractivity (Wildman–Crippen MR) is 152 cm³/mol. The van der Waals surface area contributed by atoms with E-state index in [1.54, 1.807) is 14.2 Å². The van der Waals surface area contributed by atoms with E-state index in [1.165, 1.54) is 11.8 Å². The van der Waals surface area contributed by atoms with Crippen molar-refractivity contribution in [3.63, 3.8) is 0 Å². The molecule has 2 saturated heterocycles. The van der Waals surface area contributed by atoms with Gasteiger partial charge in [-0.05, 0) is 56.2 Å². The van der Waals surface area contributed by atoms with E-state index in [9.17, 15) is 14.7 Å². The third kappa shape index (κ3) is 7.33. The van der Waals surface area contributed by atoms with Gasteiger partial charge in [0.1, 0.15) is 5.75 Å². The second-order valence-corrected chi connectivity index (χ2v) is 11.5. The van der Waals surface area contributed by atoms with Gasteiger partial charge in [-0.2, -0.15) is 0 Å². The average molecular weight is 548 g/mol. The number of amides is 1. The van der Waals surface area contributed by atoms with Crippen LogP contribution in [0, 0.1) is 5.92 Å². The van der Waals surface area contributed by atoms with Gasteiger partial charge >= 0.3 is 5.97 Å². The summed E-state index contributed by atoms with van der Waals surface area (Å²) < 4.78 is 18.3.